The van der Waals surface area contributed by atoms with Crippen molar-refractivity contribution in [2.45, 2.75) is 35.4 Å². The standard InChI is InChI=1S/C13H18I2O2/c14-7-12-3-2-9(15)11(12)10-8(12)1-4-13(10)16-5-6-17-13/h8-11H,1-7H2/t8-,9-,10+,11-,12-/m1/s1. The van der Waals surface area contributed by atoms with Crippen LogP contribution in [0.5, 0.6) is 0 Å². The fourth-order valence-corrected chi connectivity index (χ4v) is 8.18. The second-order valence-corrected chi connectivity index (χ2v) is 8.49. The highest BCUT2D eigenvalue weighted by molar-refractivity contribution is 14.1. The average molecular weight is 460 g/mol. The summed E-state index contributed by atoms with van der Waals surface area (Å²) >= 11 is 5.32. The van der Waals surface area contributed by atoms with Crippen molar-refractivity contribution in [1.29, 1.82) is 0 Å². The summed E-state index contributed by atoms with van der Waals surface area (Å²) in [5.74, 6) is 2.32. The molecule has 1 saturated heterocycles. The number of ether oxygens (including phenoxy) is 2. The predicted octanol–water partition coefficient (Wildman–Crippen LogP) is 3.40. The predicted molar refractivity (Wildman–Crippen MR) is 82.7 cm³/mol. The van der Waals surface area contributed by atoms with E-state index >= 15 is 0 Å². The van der Waals surface area contributed by atoms with Crippen LogP contribution in [0, 0.1) is 23.2 Å². The van der Waals surface area contributed by atoms with Crippen LogP contribution < -0.4 is 0 Å². The first kappa shape index (κ1) is 12.1. The molecule has 1 aliphatic heterocycles. The normalized spacial score (nSPS) is 54.7. The molecule has 4 heteroatoms. The van der Waals surface area contributed by atoms with E-state index in [2.05, 4.69) is 45.2 Å². The molecular weight excluding hydrogens is 442 g/mol. The number of hydrogen-bond acceptors (Lipinski definition) is 2. The maximum Gasteiger partial charge on any atom is 0.171 e. The molecule has 5 atom stereocenters. The van der Waals surface area contributed by atoms with Crippen LogP contribution in [0.15, 0.2) is 0 Å². The second kappa shape index (κ2) is 3.95. The summed E-state index contributed by atoms with van der Waals surface area (Å²) in [5, 5.41) is 0. The van der Waals surface area contributed by atoms with E-state index in [-0.39, 0.29) is 5.79 Å². The van der Waals surface area contributed by atoms with Gasteiger partial charge in [-0.3, -0.25) is 0 Å². The lowest BCUT2D eigenvalue weighted by atomic mass is 9.49. The molecule has 96 valence electrons. The summed E-state index contributed by atoms with van der Waals surface area (Å²) in [4.78, 5) is 0. The molecule has 1 spiro atoms. The van der Waals surface area contributed by atoms with Gasteiger partial charge in [-0.05, 0) is 36.5 Å². The third-order valence-electron chi connectivity index (χ3n) is 5.83. The van der Waals surface area contributed by atoms with Gasteiger partial charge in [-0.2, -0.15) is 0 Å². The summed E-state index contributed by atoms with van der Waals surface area (Å²) in [5.41, 5.74) is 0.649. The lowest BCUT2D eigenvalue weighted by Crippen LogP contribution is -2.61. The van der Waals surface area contributed by atoms with Crippen LogP contribution >= 0.6 is 45.2 Å². The van der Waals surface area contributed by atoms with Crippen molar-refractivity contribution in [3.8, 4) is 0 Å². The van der Waals surface area contributed by atoms with Crippen LogP contribution in [0.2, 0.25) is 0 Å². The number of fused-ring (bicyclic) bond motifs is 5. The third kappa shape index (κ3) is 1.34. The first-order valence-electron chi connectivity index (χ1n) is 6.71. The molecule has 0 bridgehead atoms. The minimum Gasteiger partial charge on any atom is -0.347 e. The Morgan fingerprint density at radius 3 is 2.53 bits per heavy atom. The van der Waals surface area contributed by atoms with E-state index in [0.717, 1.165) is 35.4 Å². The number of alkyl halides is 2. The van der Waals surface area contributed by atoms with Gasteiger partial charge in [0.2, 0.25) is 0 Å². The molecule has 3 aliphatic carbocycles. The zero-order valence-corrected chi connectivity index (χ0v) is 14.1. The Labute approximate surface area is 130 Å². The van der Waals surface area contributed by atoms with E-state index in [4.69, 9.17) is 9.47 Å². The Kier molecular flexibility index (Phi) is 2.82. The molecule has 0 radical (unpaired) electrons. The Bertz CT molecular complexity index is 342. The quantitative estimate of drug-likeness (QED) is 0.442. The molecule has 4 fully saturated rings. The van der Waals surface area contributed by atoms with Crippen molar-refractivity contribution in [3.63, 3.8) is 0 Å². The smallest absolute Gasteiger partial charge is 0.171 e. The topological polar surface area (TPSA) is 18.5 Å². The molecule has 1 heterocycles. The Morgan fingerprint density at radius 1 is 1.06 bits per heavy atom. The van der Waals surface area contributed by atoms with Gasteiger partial charge < -0.3 is 9.47 Å². The summed E-state index contributed by atoms with van der Waals surface area (Å²) in [6.45, 7) is 1.64. The van der Waals surface area contributed by atoms with Gasteiger partial charge in [0.25, 0.3) is 0 Å². The zero-order chi connectivity index (χ0) is 11.7. The van der Waals surface area contributed by atoms with Gasteiger partial charge >= 0.3 is 0 Å². The van der Waals surface area contributed by atoms with Crippen LogP contribution in [0.25, 0.3) is 0 Å². The number of halogens is 2. The van der Waals surface area contributed by atoms with Gasteiger partial charge in [-0.1, -0.05) is 45.2 Å². The van der Waals surface area contributed by atoms with Crippen LogP contribution in [0.4, 0.5) is 0 Å². The van der Waals surface area contributed by atoms with Crippen LogP contribution in [0.3, 0.4) is 0 Å². The molecule has 3 saturated carbocycles. The molecule has 0 unspecified atom stereocenters. The molecule has 0 N–H and O–H groups in total. The van der Waals surface area contributed by atoms with E-state index in [9.17, 15) is 0 Å². The molecular formula is C13H18I2O2. The van der Waals surface area contributed by atoms with Crippen molar-refractivity contribution >= 4 is 45.2 Å². The minimum atomic E-state index is -0.154. The maximum atomic E-state index is 6.05. The molecule has 2 nitrogen and oxygen atoms in total. The summed E-state index contributed by atoms with van der Waals surface area (Å²) in [6, 6.07) is 0. The van der Waals surface area contributed by atoms with Gasteiger partial charge in [0.1, 0.15) is 0 Å². The average Bonchev–Trinajstić information content (AvgIpc) is 2.94. The van der Waals surface area contributed by atoms with Crippen molar-refractivity contribution in [2.24, 2.45) is 23.2 Å². The van der Waals surface area contributed by atoms with E-state index in [0.29, 0.717) is 11.3 Å². The molecule has 0 amide bonds. The molecule has 4 rings (SSSR count). The third-order valence-corrected chi connectivity index (χ3v) is 8.65. The Morgan fingerprint density at radius 2 is 1.82 bits per heavy atom. The highest BCUT2D eigenvalue weighted by Gasteiger charge is 2.74. The van der Waals surface area contributed by atoms with Crippen molar-refractivity contribution < 1.29 is 9.47 Å². The molecule has 0 aromatic rings. The van der Waals surface area contributed by atoms with E-state index in [1.165, 1.54) is 23.7 Å². The van der Waals surface area contributed by atoms with Crippen LogP contribution in [0.1, 0.15) is 25.7 Å². The van der Waals surface area contributed by atoms with Crippen molar-refractivity contribution in [1.82, 2.24) is 0 Å². The van der Waals surface area contributed by atoms with Gasteiger partial charge in [-0.25, -0.2) is 0 Å². The monoisotopic (exact) mass is 460 g/mol. The highest BCUT2D eigenvalue weighted by Crippen LogP contribution is 2.74. The van der Waals surface area contributed by atoms with E-state index < -0.39 is 0 Å². The molecule has 0 aromatic carbocycles. The molecule has 17 heavy (non-hydrogen) atoms. The summed E-state index contributed by atoms with van der Waals surface area (Å²) in [7, 11) is 0. The van der Waals surface area contributed by atoms with Gasteiger partial charge in [0.15, 0.2) is 5.79 Å². The SMILES string of the molecule is IC[C@@]12CC[C@@H](I)[C@@H]1[C@@H]1[C@H]2CCC12OCCO2. The van der Waals surface area contributed by atoms with Crippen molar-refractivity contribution in [3.05, 3.63) is 0 Å². The zero-order valence-electron chi connectivity index (χ0n) is 9.83. The lowest BCUT2D eigenvalue weighted by Gasteiger charge is -2.59. The summed E-state index contributed by atoms with van der Waals surface area (Å²) in [6.07, 6.45) is 5.36. The van der Waals surface area contributed by atoms with Crippen molar-refractivity contribution in [2.75, 3.05) is 17.6 Å². The summed E-state index contributed by atoms with van der Waals surface area (Å²) < 4.78 is 14.3. The molecule has 4 aliphatic rings. The Balaban J connectivity index is 1.70. The highest BCUT2D eigenvalue weighted by atomic mass is 127. The minimum absolute atomic E-state index is 0.154. The fraction of sp³-hybridized carbons (Fsp3) is 1.00. The van der Waals surface area contributed by atoms with Crippen LogP contribution in [-0.4, -0.2) is 27.4 Å². The largest absolute Gasteiger partial charge is 0.347 e. The first-order chi connectivity index (χ1) is 8.23. The fourth-order valence-electron chi connectivity index (χ4n) is 5.25. The van der Waals surface area contributed by atoms with E-state index in [1.807, 2.05) is 0 Å². The van der Waals surface area contributed by atoms with E-state index in [1.54, 1.807) is 0 Å². The lowest BCUT2D eigenvalue weighted by molar-refractivity contribution is -0.244. The first-order valence-corrected chi connectivity index (χ1v) is 9.49. The second-order valence-electron chi connectivity index (χ2n) is 6.13. The maximum absolute atomic E-state index is 6.05. The number of hydrogen-bond donors (Lipinski definition) is 0. The van der Waals surface area contributed by atoms with Crippen LogP contribution in [-0.2, 0) is 9.47 Å². The Hall–Kier alpha value is 1.38. The van der Waals surface area contributed by atoms with Gasteiger partial charge in [-0.15, -0.1) is 0 Å². The number of rotatable bonds is 1. The van der Waals surface area contributed by atoms with Gasteiger partial charge in [0, 0.05) is 20.7 Å². The molecule has 0 aromatic heterocycles. The van der Waals surface area contributed by atoms with Gasteiger partial charge in [0.05, 0.1) is 13.2 Å².